The fourth-order valence-corrected chi connectivity index (χ4v) is 2.90. The molecule has 3 rings (SSSR count). The Morgan fingerprint density at radius 2 is 2.08 bits per heavy atom. The van der Waals surface area contributed by atoms with E-state index in [1.54, 1.807) is 24.0 Å². The van der Waals surface area contributed by atoms with E-state index in [9.17, 15) is 9.59 Å². The summed E-state index contributed by atoms with van der Waals surface area (Å²) in [5.74, 6) is -0.243. The first-order chi connectivity index (χ1) is 11.6. The van der Waals surface area contributed by atoms with Crippen LogP contribution in [-0.2, 0) is 20.7 Å². The van der Waals surface area contributed by atoms with Gasteiger partial charge < -0.3 is 14.1 Å². The Kier molecular flexibility index (Phi) is 4.51. The highest BCUT2D eigenvalue weighted by molar-refractivity contribution is 6.00. The van der Waals surface area contributed by atoms with Gasteiger partial charge in [0.25, 0.3) is 5.91 Å². The highest BCUT2D eigenvalue weighted by Crippen LogP contribution is 2.32. The van der Waals surface area contributed by atoms with Crippen LogP contribution < -0.4 is 4.90 Å². The number of esters is 1. The van der Waals surface area contributed by atoms with Crippen molar-refractivity contribution < 1.29 is 18.7 Å². The smallest absolute Gasteiger partial charge is 0.331 e. The van der Waals surface area contributed by atoms with Crippen molar-refractivity contribution in [2.24, 2.45) is 0 Å². The van der Waals surface area contributed by atoms with Crippen molar-refractivity contribution in [2.75, 3.05) is 4.90 Å². The molecular weight excluding hydrogens is 306 g/mol. The van der Waals surface area contributed by atoms with E-state index >= 15 is 0 Å². The molecule has 0 saturated heterocycles. The number of ether oxygens (including phenoxy) is 1. The van der Waals surface area contributed by atoms with Crippen LogP contribution in [0.5, 0.6) is 0 Å². The maximum absolute atomic E-state index is 12.7. The number of hydrogen-bond donors (Lipinski definition) is 0. The van der Waals surface area contributed by atoms with Crippen LogP contribution in [0.3, 0.4) is 0 Å². The van der Waals surface area contributed by atoms with Gasteiger partial charge in [-0.2, -0.15) is 0 Å². The monoisotopic (exact) mass is 325 g/mol. The summed E-state index contributed by atoms with van der Waals surface area (Å²) < 4.78 is 10.3. The number of benzene rings is 1. The molecule has 0 unspecified atom stereocenters. The number of amides is 1. The summed E-state index contributed by atoms with van der Waals surface area (Å²) in [7, 11) is 0. The Labute approximate surface area is 140 Å². The molecule has 1 aliphatic heterocycles. The van der Waals surface area contributed by atoms with E-state index in [0.717, 1.165) is 17.7 Å². The number of rotatable bonds is 4. The Hall–Kier alpha value is -2.82. The molecule has 1 amide bonds. The highest BCUT2D eigenvalue weighted by atomic mass is 16.5. The molecule has 0 fully saturated rings. The third kappa shape index (κ3) is 3.25. The molecule has 124 valence electrons. The number of furan rings is 1. The lowest BCUT2D eigenvalue weighted by atomic mass is 10.1. The van der Waals surface area contributed by atoms with Crippen LogP contribution in [0.15, 0.2) is 53.2 Å². The molecule has 0 saturated carbocycles. The van der Waals surface area contributed by atoms with Crippen molar-refractivity contribution >= 4 is 23.6 Å². The van der Waals surface area contributed by atoms with E-state index < -0.39 is 12.1 Å². The van der Waals surface area contributed by atoms with Gasteiger partial charge in [0.05, 0.1) is 6.26 Å². The molecule has 5 heteroatoms. The number of para-hydroxylation sites is 1. The van der Waals surface area contributed by atoms with E-state index in [0.29, 0.717) is 5.76 Å². The molecule has 24 heavy (non-hydrogen) atoms. The summed E-state index contributed by atoms with van der Waals surface area (Å²) in [4.78, 5) is 26.3. The van der Waals surface area contributed by atoms with Gasteiger partial charge in [-0.15, -0.1) is 0 Å². The van der Waals surface area contributed by atoms with Crippen molar-refractivity contribution in [1.29, 1.82) is 0 Å². The van der Waals surface area contributed by atoms with Gasteiger partial charge in [-0.1, -0.05) is 18.2 Å². The molecule has 0 spiro atoms. The molecule has 1 aromatic carbocycles. The summed E-state index contributed by atoms with van der Waals surface area (Å²) in [6.07, 6.45) is 4.23. The molecule has 2 atom stereocenters. The summed E-state index contributed by atoms with van der Waals surface area (Å²) in [6, 6.07) is 11.3. The van der Waals surface area contributed by atoms with E-state index in [4.69, 9.17) is 9.15 Å². The maximum atomic E-state index is 12.7. The van der Waals surface area contributed by atoms with E-state index in [-0.39, 0.29) is 11.9 Å². The molecule has 0 radical (unpaired) electrons. The summed E-state index contributed by atoms with van der Waals surface area (Å²) in [5, 5.41) is 0. The first-order valence-electron chi connectivity index (χ1n) is 7.89. The van der Waals surface area contributed by atoms with Crippen molar-refractivity contribution in [1.82, 2.24) is 0 Å². The zero-order chi connectivity index (χ0) is 17.1. The molecule has 2 heterocycles. The second kappa shape index (κ2) is 6.74. The van der Waals surface area contributed by atoms with Crippen molar-refractivity contribution in [3.63, 3.8) is 0 Å². The first-order valence-corrected chi connectivity index (χ1v) is 7.89. The van der Waals surface area contributed by atoms with Crippen molar-refractivity contribution in [3.05, 3.63) is 60.1 Å². The molecule has 1 aromatic heterocycles. The van der Waals surface area contributed by atoms with Gasteiger partial charge in [0.1, 0.15) is 5.76 Å². The molecule has 0 N–H and O–H groups in total. The summed E-state index contributed by atoms with van der Waals surface area (Å²) in [5.41, 5.74) is 2.03. The minimum absolute atomic E-state index is 0.0507. The quantitative estimate of drug-likeness (QED) is 0.640. The predicted octanol–water partition coefficient (Wildman–Crippen LogP) is 3.20. The van der Waals surface area contributed by atoms with Gasteiger partial charge in [-0.05, 0) is 50.1 Å². The lowest BCUT2D eigenvalue weighted by Gasteiger charge is -2.25. The second-order valence-corrected chi connectivity index (χ2v) is 5.82. The number of anilines is 1. The third-order valence-corrected chi connectivity index (χ3v) is 4.01. The van der Waals surface area contributed by atoms with Gasteiger partial charge in [0.15, 0.2) is 6.10 Å². The van der Waals surface area contributed by atoms with Crippen LogP contribution >= 0.6 is 0 Å². The summed E-state index contributed by atoms with van der Waals surface area (Å²) in [6.45, 7) is 3.58. The molecule has 0 bridgehead atoms. The SMILES string of the molecule is C[C@@H]1Cc2ccccc2N1C(=O)[C@@H](C)OC(=O)/C=C/c1ccco1. The zero-order valence-electron chi connectivity index (χ0n) is 13.6. The third-order valence-electron chi connectivity index (χ3n) is 4.01. The van der Waals surface area contributed by atoms with Gasteiger partial charge >= 0.3 is 5.97 Å². The summed E-state index contributed by atoms with van der Waals surface area (Å²) >= 11 is 0. The topological polar surface area (TPSA) is 59.8 Å². The Morgan fingerprint density at radius 3 is 2.83 bits per heavy atom. The molecule has 2 aromatic rings. The minimum atomic E-state index is -0.854. The van der Waals surface area contributed by atoms with Crippen LogP contribution in [0.1, 0.15) is 25.2 Å². The number of fused-ring (bicyclic) bond motifs is 1. The molecule has 1 aliphatic rings. The van der Waals surface area contributed by atoms with Crippen LogP contribution in [0.4, 0.5) is 5.69 Å². The van der Waals surface area contributed by atoms with E-state index in [1.807, 2.05) is 31.2 Å². The minimum Gasteiger partial charge on any atom is -0.465 e. The number of nitrogens with zero attached hydrogens (tertiary/aromatic N) is 1. The van der Waals surface area contributed by atoms with Crippen LogP contribution in [0.2, 0.25) is 0 Å². The van der Waals surface area contributed by atoms with Gasteiger partial charge in [-0.25, -0.2) is 4.79 Å². The number of carbonyl (C=O) groups is 2. The lowest BCUT2D eigenvalue weighted by Crippen LogP contribution is -2.43. The van der Waals surface area contributed by atoms with Crippen LogP contribution in [-0.4, -0.2) is 24.0 Å². The lowest BCUT2D eigenvalue weighted by molar-refractivity contribution is -0.149. The van der Waals surface area contributed by atoms with Gasteiger partial charge in [0, 0.05) is 17.8 Å². The highest BCUT2D eigenvalue weighted by Gasteiger charge is 2.34. The van der Waals surface area contributed by atoms with Gasteiger partial charge in [-0.3, -0.25) is 4.79 Å². The predicted molar refractivity (Wildman–Crippen MR) is 90.4 cm³/mol. The average Bonchev–Trinajstić information content (AvgIpc) is 3.18. The Bertz CT molecular complexity index is 763. The largest absolute Gasteiger partial charge is 0.465 e. The number of hydrogen-bond acceptors (Lipinski definition) is 4. The normalized spacial score (nSPS) is 17.8. The first kappa shape index (κ1) is 16.1. The fraction of sp³-hybridized carbons (Fsp3) is 0.263. The second-order valence-electron chi connectivity index (χ2n) is 5.82. The fourth-order valence-electron chi connectivity index (χ4n) is 2.90. The standard InChI is InChI=1S/C19H19NO4/c1-13-12-15-6-3-4-8-17(15)20(13)19(22)14(2)24-18(21)10-9-16-7-5-11-23-16/h3-11,13-14H,12H2,1-2H3/b10-9+/t13-,14-/m1/s1. The molecular formula is C19H19NO4. The zero-order valence-corrected chi connectivity index (χ0v) is 13.6. The Morgan fingerprint density at radius 1 is 1.29 bits per heavy atom. The van der Waals surface area contributed by atoms with E-state index in [2.05, 4.69) is 0 Å². The maximum Gasteiger partial charge on any atom is 0.331 e. The van der Waals surface area contributed by atoms with Crippen molar-refractivity contribution in [2.45, 2.75) is 32.4 Å². The van der Waals surface area contributed by atoms with Crippen molar-refractivity contribution in [3.8, 4) is 0 Å². The molecule has 0 aliphatic carbocycles. The number of carbonyl (C=O) groups excluding carboxylic acids is 2. The van der Waals surface area contributed by atoms with Crippen LogP contribution in [0.25, 0.3) is 6.08 Å². The average molecular weight is 325 g/mol. The van der Waals surface area contributed by atoms with E-state index in [1.165, 1.54) is 18.4 Å². The Balaban J connectivity index is 1.66. The molecule has 5 nitrogen and oxygen atoms in total. The van der Waals surface area contributed by atoms with Gasteiger partial charge in [0.2, 0.25) is 0 Å². The van der Waals surface area contributed by atoms with Crippen LogP contribution in [0, 0.1) is 0 Å².